The second kappa shape index (κ2) is 8.58. The maximum Gasteiger partial charge on any atom is 0.172 e. The second-order valence-corrected chi connectivity index (χ2v) is 4.03. The molecule has 0 spiro atoms. The smallest absolute Gasteiger partial charge is 0.172 e. The van der Waals surface area contributed by atoms with Gasteiger partial charge in [0.25, 0.3) is 0 Å². The van der Waals surface area contributed by atoms with Crippen molar-refractivity contribution < 1.29 is 4.21 Å². The minimum Gasteiger partial charge on any atom is -0.229 e. The molecule has 78 valence electrons. The first-order chi connectivity index (χ1) is 6.13. The third kappa shape index (κ3) is 4.68. The van der Waals surface area contributed by atoms with E-state index in [-0.39, 0.29) is 0 Å². The van der Waals surface area contributed by atoms with Crippen LogP contribution in [0.2, 0.25) is 0 Å². The Labute approximate surface area is 86.7 Å². The molecule has 0 radical (unpaired) electrons. The van der Waals surface area contributed by atoms with Crippen LogP contribution in [0.1, 0.15) is 41.5 Å². The Morgan fingerprint density at radius 2 is 1.54 bits per heavy atom. The van der Waals surface area contributed by atoms with E-state index in [1.165, 1.54) is 0 Å². The van der Waals surface area contributed by atoms with E-state index < -0.39 is 11.0 Å². The molecule has 0 saturated heterocycles. The van der Waals surface area contributed by atoms with Gasteiger partial charge in [-0.15, -0.1) is 0 Å². The van der Waals surface area contributed by atoms with Crippen LogP contribution in [-0.2, 0) is 11.0 Å². The summed E-state index contributed by atoms with van der Waals surface area (Å²) in [6.07, 6.45) is 0. The zero-order chi connectivity index (χ0) is 11.0. The van der Waals surface area contributed by atoms with E-state index in [9.17, 15) is 4.21 Å². The van der Waals surface area contributed by atoms with Gasteiger partial charge < -0.3 is 0 Å². The van der Waals surface area contributed by atoms with Crippen LogP contribution in [0.4, 0.5) is 0 Å². The summed E-state index contributed by atoms with van der Waals surface area (Å²) in [7, 11) is 1.34. The minimum absolute atomic E-state index is 0.813. The Morgan fingerprint density at radius 3 is 1.62 bits per heavy atom. The summed E-state index contributed by atoms with van der Waals surface area (Å²) in [5.74, 6) is 0. The molecule has 0 aliphatic carbocycles. The SMILES string of the molecule is CC.CC.CC1=NS(=O)C(P)=C1C. The van der Waals surface area contributed by atoms with Crippen molar-refractivity contribution in [2.75, 3.05) is 0 Å². The van der Waals surface area contributed by atoms with Crippen molar-refractivity contribution >= 4 is 25.9 Å². The van der Waals surface area contributed by atoms with Crippen LogP contribution in [0.3, 0.4) is 0 Å². The standard InChI is InChI=1S/C5H8NOPS.2C2H6/c1-3-4(2)6-9(7)5(3)8;2*1-2/h8H2,1-2H3;2*1-2H3. The molecular weight excluding hydrogens is 201 g/mol. The number of rotatable bonds is 0. The lowest BCUT2D eigenvalue weighted by molar-refractivity contribution is 0.689. The zero-order valence-corrected chi connectivity index (χ0v) is 11.3. The summed E-state index contributed by atoms with van der Waals surface area (Å²) in [6, 6.07) is 0. The van der Waals surface area contributed by atoms with E-state index in [4.69, 9.17) is 0 Å². The molecule has 2 unspecified atom stereocenters. The fraction of sp³-hybridized carbons (Fsp3) is 0.667. The molecular formula is C9H20NOPS. The molecule has 0 N–H and O–H groups in total. The highest BCUT2D eigenvalue weighted by Gasteiger charge is 2.14. The lowest BCUT2D eigenvalue weighted by Crippen LogP contribution is -1.85. The van der Waals surface area contributed by atoms with Crippen molar-refractivity contribution in [2.24, 2.45) is 4.40 Å². The summed E-state index contributed by atoms with van der Waals surface area (Å²) in [5, 5.41) is 0. The Bertz CT molecular complexity index is 234. The Morgan fingerprint density at radius 1 is 1.15 bits per heavy atom. The van der Waals surface area contributed by atoms with Crippen LogP contribution >= 0.6 is 9.24 Å². The van der Waals surface area contributed by atoms with E-state index >= 15 is 0 Å². The lowest BCUT2D eigenvalue weighted by Gasteiger charge is -1.88. The van der Waals surface area contributed by atoms with Crippen molar-refractivity contribution in [3.8, 4) is 0 Å². The summed E-state index contributed by atoms with van der Waals surface area (Å²) in [4.78, 5) is 0. The Balaban J connectivity index is 0. The van der Waals surface area contributed by atoms with Crippen LogP contribution in [0.15, 0.2) is 14.6 Å². The van der Waals surface area contributed by atoms with Crippen LogP contribution in [0.25, 0.3) is 0 Å². The largest absolute Gasteiger partial charge is 0.229 e. The summed E-state index contributed by atoms with van der Waals surface area (Å²) in [5.41, 5.74) is 1.93. The van der Waals surface area contributed by atoms with Gasteiger partial charge in [-0.25, -0.2) is 4.21 Å². The highest BCUT2D eigenvalue weighted by Crippen LogP contribution is 2.24. The average molecular weight is 221 g/mol. The fourth-order valence-corrected chi connectivity index (χ4v) is 1.81. The predicted octanol–water partition coefficient (Wildman–Crippen LogP) is 3.28. The number of hydrogen-bond acceptors (Lipinski definition) is 1. The number of allylic oxidation sites excluding steroid dienone is 1. The van der Waals surface area contributed by atoms with E-state index in [0.29, 0.717) is 0 Å². The highest BCUT2D eigenvalue weighted by molar-refractivity contribution is 7.93. The summed E-state index contributed by atoms with van der Waals surface area (Å²) < 4.78 is 15.5. The van der Waals surface area contributed by atoms with Crippen LogP contribution in [0.5, 0.6) is 0 Å². The van der Waals surface area contributed by atoms with Gasteiger partial charge in [0.05, 0.1) is 10.4 Å². The quantitative estimate of drug-likeness (QED) is 0.577. The van der Waals surface area contributed by atoms with Crippen molar-refractivity contribution in [3.63, 3.8) is 0 Å². The van der Waals surface area contributed by atoms with Gasteiger partial charge in [0, 0.05) is 0 Å². The van der Waals surface area contributed by atoms with Crippen molar-refractivity contribution in [3.05, 3.63) is 10.2 Å². The van der Waals surface area contributed by atoms with Gasteiger partial charge in [-0.2, -0.15) is 4.40 Å². The molecule has 2 atom stereocenters. The maximum absolute atomic E-state index is 10.8. The molecule has 0 aromatic rings. The average Bonchev–Trinajstić information content (AvgIpc) is 2.40. The Kier molecular flexibility index (Phi) is 10.2. The molecule has 4 heteroatoms. The van der Waals surface area contributed by atoms with Crippen molar-refractivity contribution in [2.45, 2.75) is 41.5 Å². The molecule has 1 aliphatic rings. The van der Waals surface area contributed by atoms with Gasteiger partial charge in [-0.05, 0) is 19.4 Å². The van der Waals surface area contributed by atoms with Gasteiger partial charge >= 0.3 is 0 Å². The highest BCUT2D eigenvalue weighted by atomic mass is 32.2. The molecule has 1 heterocycles. The van der Waals surface area contributed by atoms with Crippen LogP contribution in [-0.4, -0.2) is 9.92 Å². The van der Waals surface area contributed by atoms with E-state index in [1.807, 2.05) is 41.5 Å². The first-order valence-electron chi connectivity index (χ1n) is 4.57. The van der Waals surface area contributed by atoms with Crippen LogP contribution in [0, 0.1) is 0 Å². The second-order valence-electron chi connectivity index (χ2n) is 1.92. The normalized spacial score (nSPS) is 19.6. The molecule has 1 rings (SSSR count). The van der Waals surface area contributed by atoms with Crippen molar-refractivity contribution in [1.29, 1.82) is 0 Å². The van der Waals surface area contributed by atoms with Gasteiger partial charge in [0.1, 0.15) is 0 Å². The van der Waals surface area contributed by atoms with E-state index in [0.717, 1.165) is 15.9 Å². The molecule has 0 fully saturated rings. The molecule has 1 aliphatic heterocycles. The Hall–Kier alpha value is -0.0100. The van der Waals surface area contributed by atoms with E-state index in [2.05, 4.69) is 13.6 Å². The first-order valence-corrected chi connectivity index (χ1v) is 6.25. The van der Waals surface area contributed by atoms with Gasteiger partial charge in [-0.3, -0.25) is 0 Å². The maximum atomic E-state index is 10.8. The molecule has 0 saturated carbocycles. The molecule has 0 aromatic heterocycles. The van der Waals surface area contributed by atoms with Gasteiger partial charge in [0.2, 0.25) is 0 Å². The molecule has 2 nitrogen and oxygen atoms in total. The number of nitrogens with zero attached hydrogens (tertiary/aromatic N) is 1. The minimum atomic E-state index is -1.10. The third-order valence-corrected chi connectivity index (χ3v) is 3.48. The summed E-state index contributed by atoms with van der Waals surface area (Å²) in [6.45, 7) is 11.8. The lowest BCUT2D eigenvalue weighted by atomic mass is 10.2. The van der Waals surface area contributed by atoms with Gasteiger partial charge in [0.15, 0.2) is 11.0 Å². The topological polar surface area (TPSA) is 29.4 Å². The zero-order valence-electron chi connectivity index (χ0n) is 9.34. The predicted molar refractivity (Wildman–Crippen MR) is 66.4 cm³/mol. The third-order valence-electron chi connectivity index (χ3n) is 1.32. The van der Waals surface area contributed by atoms with Crippen molar-refractivity contribution in [1.82, 2.24) is 0 Å². The number of hydrogen-bond donors (Lipinski definition) is 0. The summed E-state index contributed by atoms with van der Waals surface area (Å²) >= 11 is 0. The van der Waals surface area contributed by atoms with E-state index in [1.54, 1.807) is 0 Å². The molecule has 0 aromatic carbocycles. The monoisotopic (exact) mass is 221 g/mol. The first kappa shape index (κ1) is 15.5. The van der Waals surface area contributed by atoms with Crippen LogP contribution < -0.4 is 0 Å². The molecule has 0 bridgehead atoms. The molecule has 13 heavy (non-hydrogen) atoms. The fourth-order valence-electron chi connectivity index (χ4n) is 0.551. The molecule has 0 amide bonds. The van der Waals surface area contributed by atoms with Gasteiger partial charge in [-0.1, -0.05) is 36.9 Å².